The van der Waals surface area contributed by atoms with Crippen LogP contribution in [0.15, 0.2) is 77.4 Å². The lowest BCUT2D eigenvalue weighted by Crippen LogP contribution is -2.43. The lowest BCUT2D eigenvalue weighted by Gasteiger charge is -2.28. The molecule has 0 spiro atoms. The zero-order valence-electron chi connectivity index (χ0n) is 22.0. The van der Waals surface area contributed by atoms with E-state index in [-0.39, 0.29) is 24.3 Å². The normalized spacial score (nSPS) is 11.0. The van der Waals surface area contributed by atoms with Crippen molar-refractivity contribution in [1.29, 1.82) is 0 Å². The van der Waals surface area contributed by atoms with Crippen LogP contribution < -0.4 is 0 Å². The van der Waals surface area contributed by atoms with E-state index >= 15 is 0 Å². The third-order valence-corrected chi connectivity index (χ3v) is 6.21. The van der Waals surface area contributed by atoms with Gasteiger partial charge in [0.1, 0.15) is 12.3 Å². The van der Waals surface area contributed by atoms with Gasteiger partial charge in [0.15, 0.2) is 0 Å². The van der Waals surface area contributed by atoms with E-state index in [2.05, 4.69) is 20.8 Å². The summed E-state index contributed by atoms with van der Waals surface area (Å²) in [5.74, 6) is 0.756. The quantitative estimate of drug-likeness (QED) is 0.236. The highest BCUT2D eigenvalue weighted by Gasteiger charge is 2.24. The van der Waals surface area contributed by atoms with E-state index in [1.807, 2.05) is 66.7 Å². The summed E-state index contributed by atoms with van der Waals surface area (Å²) in [5, 5.41) is 0. The molecule has 2 amide bonds. The van der Waals surface area contributed by atoms with Crippen LogP contribution in [0.1, 0.15) is 73.7 Å². The van der Waals surface area contributed by atoms with Crippen molar-refractivity contribution in [2.75, 3.05) is 13.1 Å². The number of aryl methyl sites for hydroxylation is 1. The van der Waals surface area contributed by atoms with Crippen molar-refractivity contribution in [2.24, 2.45) is 5.92 Å². The smallest absolute Gasteiger partial charge is 0.254 e. The molecule has 0 saturated heterocycles. The van der Waals surface area contributed by atoms with Gasteiger partial charge >= 0.3 is 0 Å². The molecule has 192 valence electrons. The summed E-state index contributed by atoms with van der Waals surface area (Å²) in [5.41, 5.74) is 2.91. The minimum absolute atomic E-state index is 0.0311. The number of unbranched alkanes of at least 4 members (excludes halogenated alkanes) is 3. The maximum absolute atomic E-state index is 13.5. The number of hydrogen-bond donors (Lipinski definition) is 0. The summed E-state index contributed by atoms with van der Waals surface area (Å²) in [6.45, 7) is 7.70. The summed E-state index contributed by atoms with van der Waals surface area (Å²) in [4.78, 5) is 30.4. The number of amides is 2. The summed E-state index contributed by atoms with van der Waals surface area (Å²) < 4.78 is 5.52. The van der Waals surface area contributed by atoms with Gasteiger partial charge in [-0.15, -0.1) is 0 Å². The van der Waals surface area contributed by atoms with Crippen molar-refractivity contribution < 1.29 is 14.0 Å². The highest BCUT2D eigenvalue weighted by atomic mass is 16.3. The number of rotatable bonds is 14. The van der Waals surface area contributed by atoms with Gasteiger partial charge in [-0.3, -0.25) is 9.59 Å². The van der Waals surface area contributed by atoms with E-state index in [0.717, 1.165) is 17.7 Å². The van der Waals surface area contributed by atoms with Crippen LogP contribution >= 0.6 is 0 Å². The highest BCUT2D eigenvalue weighted by molar-refractivity contribution is 5.96. The summed E-state index contributed by atoms with van der Waals surface area (Å²) in [6, 6.07) is 21.5. The molecule has 3 rings (SSSR count). The van der Waals surface area contributed by atoms with Gasteiger partial charge in [0, 0.05) is 18.7 Å². The Hall–Kier alpha value is -3.34. The summed E-state index contributed by atoms with van der Waals surface area (Å²) in [6.07, 6.45) is 7.53. The van der Waals surface area contributed by atoms with E-state index in [4.69, 9.17) is 4.42 Å². The second-order valence-corrected chi connectivity index (χ2v) is 9.90. The molecule has 0 radical (unpaired) electrons. The maximum Gasteiger partial charge on any atom is 0.254 e. The first-order valence-corrected chi connectivity index (χ1v) is 13.2. The lowest BCUT2D eigenvalue weighted by atomic mass is 10.0. The van der Waals surface area contributed by atoms with Crippen molar-refractivity contribution in [3.63, 3.8) is 0 Å². The number of nitrogens with zero attached hydrogens (tertiary/aromatic N) is 2. The number of furan rings is 1. The first-order chi connectivity index (χ1) is 17.5. The molecular formula is C31H40N2O3. The van der Waals surface area contributed by atoms with Crippen molar-refractivity contribution >= 4 is 11.8 Å². The molecule has 1 heterocycles. The minimum Gasteiger partial charge on any atom is -0.467 e. The Morgan fingerprint density at radius 1 is 0.806 bits per heavy atom. The third-order valence-electron chi connectivity index (χ3n) is 6.21. The fourth-order valence-corrected chi connectivity index (χ4v) is 4.30. The molecule has 0 aliphatic heterocycles. The van der Waals surface area contributed by atoms with Gasteiger partial charge in [-0.2, -0.15) is 0 Å². The van der Waals surface area contributed by atoms with Gasteiger partial charge in [0.05, 0.1) is 12.8 Å². The minimum atomic E-state index is -0.104. The highest BCUT2D eigenvalue weighted by Crippen LogP contribution is 2.15. The van der Waals surface area contributed by atoms with Gasteiger partial charge in [-0.05, 0) is 54.2 Å². The molecule has 36 heavy (non-hydrogen) atoms. The molecule has 0 unspecified atom stereocenters. The van der Waals surface area contributed by atoms with Crippen LogP contribution in [0.2, 0.25) is 0 Å². The Kier molecular flexibility index (Phi) is 10.8. The average Bonchev–Trinajstić information content (AvgIpc) is 3.39. The van der Waals surface area contributed by atoms with E-state index < -0.39 is 0 Å². The molecular weight excluding hydrogens is 448 g/mol. The summed E-state index contributed by atoms with van der Waals surface area (Å²) in [7, 11) is 0. The van der Waals surface area contributed by atoms with E-state index in [1.165, 1.54) is 31.2 Å². The Bertz CT molecular complexity index is 1040. The molecule has 0 atom stereocenters. The van der Waals surface area contributed by atoms with Crippen LogP contribution in [0.5, 0.6) is 0 Å². The monoisotopic (exact) mass is 488 g/mol. The van der Waals surface area contributed by atoms with Crippen molar-refractivity contribution in [3.05, 3.63) is 95.4 Å². The van der Waals surface area contributed by atoms with Gasteiger partial charge in [-0.1, -0.05) is 82.5 Å². The van der Waals surface area contributed by atoms with Crippen LogP contribution in [-0.4, -0.2) is 34.7 Å². The Labute approximate surface area is 216 Å². The van der Waals surface area contributed by atoms with E-state index in [0.29, 0.717) is 25.2 Å². The van der Waals surface area contributed by atoms with Crippen LogP contribution in [0, 0.1) is 5.92 Å². The molecule has 0 aliphatic carbocycles. The second-order valence-electron chi connectivity index (χ2n) is 9.90. The fraction of sp³-hybridized carbons (Fsp3) is 0.419. The molecule has 0 N–H and O–H groups in total. The summed E-state index contributed by atoms with van der Waals surface area (Å²) >= 11 is 0. The van der Waals surface area contributed by atoms with Gasteiger partial charge < -0.3 is 14.2 Å². The molecule has 0 bridgehead atoms. The predicted molar refractivity (Wildman–Crippen MR) is 144 cm³/mol. The number of carbonyl (C=O) groups is 2. The first kappa shape index (κ1) is 27.3. The number of benzene rings is 2. The zero-order chi connectivity index (χ0) is 25.8. The standard InChI is InChI=1S/C31H40N2O3/c1-4-5-6-8-12-26-16-18-28(19-17-26)31(35)33(21-25(2)3)24-30(34)32(23-29-15-11-20-36-29)22-27-13-9-7-10-14-27/h7,9-11,13-20,25H,4-6,8,12,21-24H2,1-3H3. The Morgan fingerprint density at radius 2 is 1.56 bits per heavy atom. The fourth-order valence-electron chi connectivity index (χ4n) is 4.30. The Balaban J connectivity index is 1.71. The SMILES string of the molecule is CCCCCCc1ccc(C(=O)N(CC(=O)N(Cc2ccccc2)Cc2ccco2)CC(C)C)cc1. The van der Waals surface area contributed by atoms with Crippen LogP contribution in [0.4, 0.5) is 0 Å². The van der Waals surface area contributed by atoms with E-state index in [9.17, 15) is 9.59 Å². The topological polar surface area (TPSA) is 53.8 Å². The van der Waals surface area contributed by atoms with Gasteiger partial charge in [0.2, 0.25) is 5.91 Å². The first-order valence-electron chi connectivity index (χ1n) is 13.2. The van der Waals surface area contributed by atoms with Crippen molar-refractivity contribution in [3.8, 4) is 0 Å². The maximum atomic E-state index is 13.5. The number of hydrogen-bond acceptors (Lipinski definition) is 3. The van der Waals surface area contributed by atoms with Gasteiger partial charge in [-0.25, -0.2) is 0 Å². The molecule has 5 nitrogen and oxygen atoms in total. The number of carbonyl (C=O) groups excluding carboxylic acids is 2. The van der Waals surface area contributed by atoms with Gasteiger partial charge in [0.25, 0.3) is 5.91 Å². The zero-order valence-corrected chi connectivity index (χ0v) is 22.0. The molecule has 3 aromatic rings. The third kappa shape index (κ3) is 8.71. The van der Waals surface area contributed by atoms with Crippen molar-refractivity contribution in [2.45, 2.75) is 66.0 Å². The molecule has 1 aromatic heterocycles. The Morgan fingerprint density at radius 3 is 2.19 bits per heavy atom. The molecule has 0 saturated carbocycles. The molecule has 2 aromatic carbocycles. The predicted octanol–water partition coefficient (Wildman–Crippen LogP) is 6.73. The van der Waals surface area contributed by atoms with Crippen LogP contribution in [0.25, 0.3) is 0 Å². The van der Waals surface area contributed by atoms with Crippen LogP contribution in [0.3, 0.4) is 0 Å². The molecule has 0 aliphatic rings. The largest absolute Gasteiger partial charge is 0.467 e. The molecule has 0 fully saturated rings. The average molecular weight is 489 g/mol. The lowest BCUT2D eigenvalue weighted by molar-refractivity contribution is -0.133. The van der Waals surface area contributed by atoms with Crippen molar-refractivity contribution in [1.82, 2.24) is 9.80 Å². The van der Waals surface area contributed by atoms with E-state index in [1.54, 1.807) is 16.1 Å². The second kappa shape index (κ2) is 14.3. The molecule has 5 heteroatoms. The van der Waals surface area contributed by atoms with Crippen LogP contribution in [-0.2, 0) is 24.3 Å².